The maximum atomic E-state index is 12.1. The molecule has 0 saturated heterocycles. The third kappa shape index (κ3) is 3.72. The molecule has 2 aromatic rings. The predicted octanol–water partition coefficient (Wildman–Crippen LogP) is 2.83. The van der Waals surface area contributed by atoms with Gasteiger partial charge in [-0.15, -0.1) is 0 Å². The van der Waals surface area contributed by atoms with Gasteiger partial charge in [-0.3, -0.25) is 10.1 Å². The van der Waals surface area contributed by atoms with Gasteiger partial charge in [0.15, 0.2) is 0 Å². The molecule has 1 heterocycles. The standard InChI is InChI=1S/C16H19N3O5/c1-10-6-7-12(19(22)23)11(2)14(10)18-15(20)17-9-16(3,21)13-5-4-8-24-13/h4-8,21H,9H2,1-3H3,(H2,17,18,20). The monoisotopic (exact) mass is 333 g/mol. The minimum absolute atomic E-state index is 0.0708. The summed E-state index contributed by atoms with van der Waals surface area (Å²) in [6.07, 6.45) is 1.43. The summed E-state index contributed by atoms with van der Waals surface area (Å²) in [5, 5.41) is 26.4. The van der Waals surface area contributed by atoms with Crippen LogP contribution in [-0.2, 0) is 5.60 Å². The molecule has 0 aliphatic carbocycles. The van der Waals surface area contributed by atoms with E-state index in [-0.39, 0.29) is 12.2 Å². The van der Waals surface area contributed by atoms with Gasteiger partial charge in [-0.1, -0.05) is 6.07 Å². The molecule has 0 radical (unpaired) electrons. The van der Waals surface area contributed by atoms with E-state index in [9.17, 15) is 20.0 Å². The van der Waals surface area contributed by atoms with Gasteiger partial charge in [0.1, 0.15) is 11.4 Å². The molecule has 8 nitrogen and oxygen atoms in total. The van der Waals surface area contributed by atoms with E-state index in [1.807, 2.05) is 0 Å². The summed E-state index contributed by atoms with van der Waals surface area (Å²) in [5.74, 6) is 0.325. The van der Waals surface area contributed by atoms with Crippen LogP contribution in [-0.4, -0.2) is 22.6 Å². The van der Waals surface area contributed by atoms with Gasteiger partial charge in [-0.2, -0.15) is 0 Å². The van der Waals surface area contributed by atoms with Crippen molar-refractivity contribution in [2.24, 2.45) is 0 Å². The summed E-state index contributed by atoms with van der Waals surface area (Å²) in [5.41, 5.74) is 0.00460. The Balaban J connectivity index is 2.08. The molecule has 3 N–H and O–H groups in total. The maximum absolute atomic E-state index is 12.1. The molecule has 0 spiro atoms. The van der Waals surface area contributed by atoms with Crippen LogP contribution in [0.3, 0.4) is 0 Å². The molecule has 1 unspecified atom stereocenters. The molecule has 128 valence electrons. The van der Waals surface area contributed by atoms with E-state index in [0.717, 1.165) is 0 Å². The van der Waals surface area contributed by atoms with Gasteiger partial charge in [-0.25, -0.2) is 4.79 Å². The van der Waals surface area contributed by atoms with E-state index in [1.165, 1.54) is 19.3 Å². The minimum Gasteiger partial charge on any atom is -0.466 e. The summed E-state index contributed by atoms with van der Waals surface area (Å²) in [7, 11) is 0. The number of furan rings is 1. The van der Waals surface area contributed by atoms with Gasteiger partial charge in [0.25, 0.3) is 5.69 Å². The fourth-order valence-electron chi connectivity index (χ4n) is 2.31. The molecular weight excluding hydrogens is 314 g/mol. The lowest BCUT2D eigenvalue weighted by Crippen LogP contribution is -2.40. The van der Waals surface area contributed by atoms with E-state index < -0.39 is 16.6 Å². The quantitative estimate of drug-likeness (QED) is 0.574. The van der Waals surface area contributed by atoms with Crippen LogP contribution in [0.2, 0.25) is 0 Å². The number of carbonyl (C=O) groups excluding carboxylic acids is 1. The van der Waals surface area contributed by atoms with E-state index in [4.69, 9.17) is 4.42 Å². The Kier molecular flexibility index (Phi) is 4.89. The van der Waals surface area contributed by atoms with Crippen molar-refractivity contribution >= 4 is 17.4 Å². The number of rotatable bonds is 5. The number of benzene rings is 1. The Morgan fingerprint density at radius 3 is 2.67 bits per heavy atom. The number of aryl methyl sites for hydroxylation is 1. The average molecular weight is 333 g/mol. The first-order valence-electron chi connectivity index (χ1n) is 7.28. The molecule has 8 heteroatoms. The number of hydrogen-bond acceptors (Lipinski definition) is 5. The van der Waals surface area contributed by atoms with E-state index >= 15 is 0 Å². The Morgan fingerprint density at radius 2 is 2.08 bits per heavy atom. The Labute approximate surface area is 138 Å². The van der Waals surface area contributed by atoms with Crippen molar-refractivity contribution in [3.05, 3.63) is 57.5 Å². The molecule has 0 aliphatic rings. The number of hydrogen-bond donors (Lipinski definition) is 3. The molecule has 0 fully saturated rings. The molecule has 1 aromatic carbocycles. The van der Waals surface area contributed by atoms with Crippen molar-refractivity contribution < 1.29 is 19.2 Å². The van der Waals surface area contributed by atoms with Crippen LogP contribution in [0.25, 0.3) is 0 Å². The van der Waals surface area contributed by atoms with Crippen LogP contribution in [0.5, 0.6) is 0 Å². The normalized spacial score (nSPS) is 13.2. The van der Waals surface area contributed by atoms with Crippen LogP contribution in [0, 0.1) is 24.0 Å². The van der Waals surface area contributed by atoms with Gasteiger partial charge in [0.05, 0.1) is 29.0 Å². The van der Waals surface area contributed by atoms with Crippen molar-refractivity contribution in [1.82, 2.24) is 5.32 Å². The van der Waals surface area contributed by atoms with Crippen LogP contribution in [0.15, 0.2) is 34.9 Å². The number of aliphatic hydroxyl groups is 1. The van der Waals surface area contributed by atoms with E-state index in [2.05, 4.69) is 10.6 Å². The second-order valence-electron chi connectivity index (χ2n) is 5.72. The lowest BCUT2D eigenvalue weighted by Gasteiger charge is -2.21. The highest BCUT2D eigenvalue weighted by atomic mass is 16.6. The van der Waals surface area contributed by atoms with Crippen LogP contribution >= 0.6 is 0 Å². The Bertz CT molecular complexity index is 753. The first kappa shape index (κ1) is 17.5. The molecule has 2 rings (SSSR count). The first-order valence-corrected chi connectivity index (χ1v) is 7.28. The number of nitro benzene ring substituents is 1. The smallest absolute Gasteiger partial charge is 0.319 e. The van der Waals surface area contributed by atoms with Gasteiger partial charge in [-0.05, 0) is 38.5 Å². The summed E-state index contributed by atoms with van der Waals surface area (Å²) >= 11 is 0. The van der Waals surface area contributed by atoms with Crippen LogP contribution < -0.4 is 10.6 Å². The Hall–Kier alpha value is -2.87. The summed E-state index contributed by atoms with van der Waals surface area (Å²) in [6.45, 7) is 4.74. The zero-order valence-corrected chi connectivity index (χ0v) is 13.6. The number of nitrogens with zero attached hydrogens (tertiary/aromatic N) is 1. The molecular formula is C16H19N3O5. The highest BCUT2D eigenvalue weighted by Crippen LogP contribution is 2.28. The maximum Gasteiger partial charge on any atom is 0.319 e. The summed E-state index contributed by atoms with van der Waals surface area (Å²) in [4.78, 5) is 22.6. The summed E-state index contributed by atoms with van der Waals surface area (Å²) in [6, 6.07) is 5.64. The predicted molar refractivity (Wildman–Crippen MR) is 87.9 cm³/mol. The lowest BCUT2D eigenvalue weighted by molar-refractivity contribution is -0.385. The molecule has 2 amide bonds. The molecule has 1 aromatic heterocycles. The van der Waals surface area contributed by atoms with E-state index in [1.54, 1.807) is 32.0 Å². The number of anilines is 1. The van der Waals surface area contributed by atoms with Gasteiger partial charge in [0.2, 0.25) is 0 Å². The highest BCUT2D eigenvalue weighted by Gasteiger charge is 2.27. The minimum atomic E-state index is -1.37. The molecule has 24 heavy (non-hydrogen) atoms. The number of nitrogens with one attached hydrogen (secondary N) is 2. The third-order valence-corrected chi connectivity index (χ3v) is 3.73. The van der Waals surface area contributed by atoms with Crippen molar-refractivity contribution in [1.29, 1.82) is 0 Å². The second kappa shape index (κ2) is 6.71. The lowest BCUT2D eigenvalue weighted by atomic mass is 10.0. The number of nitro groups is 1. The van der Waals surface area contributed by atoms with Crippen molar-refractivity contribution in [3.8, 4) is 0 Å². The van der Waals surface area contributed by atoms with Crippen molar-refractivity contribution in [2.75, 3.05) is 11.9 Å². The van der Waals surface area contributed by atoms with Crippen molar-refractivity contribution in [2.45, 2.75) is 26.4 Å². The van der Waals surface area contributed by atoms with Gasteiger partial charge < -0.3 is 20.2 Å². The zero-order chi connectivity index (χ0) is 17.9. The number of amides is 2. The average Bonchev–Trinajstić information content (AvgIpc) is 3.04. The SMILES string of the molecule is Cc1ccc([N+](=O)[O-])c(C)c1NC(=O)NCC(C)(O)c1ccco1. The zero-order valence-electron chi connectivity index (χ0n) is 13.6. The highest BCUT2D eigenvalue weighted by molar-refractivity contribution is 5.91. The molecule has 1 atom stereocenters. The van der Waals surface area contributed by atoms with E-state index in [0.29, 0.717) is 22.6 Å². The fraction of sp³-hybridized carbons (Fsp3) is 0.312. The third-order valence-electron chi connectivity index (χ3n) is 3.73. The fourth-order valence-corrected chi connectivity index (χ4v) is 2.31. The van der Waals surface area contributed by atoms with Crippen LogP contribution in [0.4, 0.5) is 16.2 Å². The van der Waals surface area contributed by atoms with Gasteiger partial charge >= 0.3 is 6.03 Å². The Morgan fingerprint density at radius 1 is 1.38 bits per heavy atom. The summed E-state index contributed by atoms with van der Waals surface area (Å²) < 4.78 is 5.13. The largest absolute Gasteiger partial charge is 0.466 e. The molecule has 0 saturated carbocycles. The van der Waals surface area contributed by atoms with Crippen molar-refractivity contribution in [3.63, 3.8) is 0 Å². The second-order valence-corrected chi connectivity index (χ2v) is 5.72. The molecule has 0 aliphatic heterocycles. The number of carbonyl (C=O) groups is 1. The topological polar surface area (TPSA) is 118 Å². The van der Waals surface area contributed by atoms with Crippen LogP contribution in [0.1, 0.15) is 23.8 Å². The molecule has 0 bridgehead atoms. The first-order chi connectivity index (χ1) is 11.2. The van der Waals surface area contributed by atoms with Gasteiger partial charge in [0, 0.05) is 6.07 Å². The number of urea groups is 1.